The van der Waals surface area contributed by atoms with Gasteiger partial charge in [0.05, 0.1) is 5.52 Å². The standard InChI is InChI=1S/C13H11N3S/c17-13-15-11(9-10-4-6-14-7-5-10)12-3-1-2-8-16(12)13/h1-8H,9H2,(H,15,17). The summed E-state index contributed by atoms with van der Waals surface area (Å²) in [6.07, 6.45) is 6.43. The minimum absolute atomic E-state index is 0.740. The molecule has 0 saturated heterocycles. The quantitative estimate of drug-likeness (QED) is 0.700. The van der Waals surface area contributed by atoms with Crippen LogP contribution in [0.15, 0.2) is 48.9 Å². The minimum atomic E-state index is 0.740. The lowest BCUT2D eigenvalue weighted by Gasteiger charge is -1.99. The van der Waals surface area contributed by atoms with Gasteiger partial charge < -0.3 is 4.98 Å². The van der Waals surface area contributed by atoms with Crippen LogP contribution in [0.4, 0.5) is 0 Å². The fraction of sp³-hybridized carbons (Fsp3) is 0.0769. The smallest absolute Gasteiger partial charge is 0.182 e. The molecule has 0 fully saturated rings. The highest BCUT2D eigenvalue weighted by atomic mass is 32.1. The van der Waals surface area contributed by atoms with Crippen LogP contribution in [0.5, 0.6) is 0 Å². The van der Waals surface area contributed by atoms with Crippen LogP contribution in [0.3, 0.4) is 0 Å². The summed E-state index contributed by atoms with van der Waals surface area (Å²) in [6.45, 7) is 0. The number of pyridine rings is 2. The Morgan fingerprint density at radius 2 is 2.00 bits per heavy atom. The molecule has 0 aliphatic carbocycles. The van der Waals surface area contributed by atoms with Crippen molar-refractivity contribution in [3.8, 4) is 0 Å². The summed E-state index contributed by atoms with van der Waals surface area (Å²) in [6, 6.07) is 10.1. The molecule has 0 unspecified atom stereocenters. The van der Waals surface area contributed by atoms with Crippen molar-refractivity contribution in [2.75, 3.05) is 0 Å². The highest BCUT2D eigenvalue weighted by Gasteiger charge is 2.04. The van der Waals surface area contributed by atoms with E-state index in [2.05, 4.69) is 16.0 Å². The van der Waals surface area contributed by atoms with Crippen molar-refractivity contribution in [2.45, 2.75) is 6.42 Å². The van der Waals surface area contributed by atoms with E-state index in [4.69, 9.17) is 12.2 Å². The molecule has 3 nitrogen and oxygen atoms in total. The Morgan fingerprint density at radius 1 is 1.18 bits per heavy atom. The van der Waals surface area contributed by atoms with Gasteiger partial charge in [-0.1, -0.05) is 6.07 Å². The first-order chi connectivity index (χ1) is 8.34. The Kier molecular flexibility index (Phi) is 2.49. The van der Waals surface area contributed by atoms with E-state index in [-0.39, 0.29) is 0 Å². The van der Waals surface area contributed by atoms with Crippen LogP contribution in [0, 0.1) is 4.77 Å². The molecular weight excluding hydrogens is 230 g/mol. The van der Waals surface area contributed by atoms with E-state index in [9.17, 15) is 0 Å². The van der Waals surface area contributed by atoms with Crippen molar-refractivity contribution in [1.29, 1.82) is 0 Å². The summed E-state index contributed by atoms with van der Waals surface area (Å²) in [7, 11) is 0. The molecule has 17 heavy (non-hydrogen) atoms. The summed E-state index contributed by atoms with van der Waals surface area (Å²) in [5.74, 6) is 0. The second kappa shape index (κ2) is 4.14. The van der Waals surface area contributed by atoms with Gasteiger partial charge in [-0.15, -0.1) is 0 Å². The van der Waals surface area contributed by atoms with Gasteiger partial charge in [0.25, 0.3) is 0 Å². The second-order valence-corrected chi connectivity index (χ2v) is 4.28. The van der Waals surface area contributed by atoms with Crippen LogP contribution in [0.2, 0.25) is 0 Å². The number of hydrogen-bond donors (Lipinski definition) is 1. The third-order valence-corrected chi connectivity index (χ3v) is 3.07. The maximum Gasteiger partial charge on any atom is 0.182 e. The van der Waals surface area contributed by atoms with E-state index < -0.39 is 0 Å². The third-order valence-electron chi connectivity index (χ3n) is 2.78. The Morgan fingerprint density at radius 3 is 2.82 bits per heavy atom. The van der Waals surface area contributed by atoms with Gasteiger partial charge in [-0.3, -0.25) is 9.38 Å². The highest BCUT2D eigenvalue weighted by molar-refractivity contribution is 7.71. The molecule has 3 aromatic heterocycles. The van der Waals surface area contributed by atoms with E-state index >= 15 is 0 Å². The van der Waals surface area contributed by atoms with Crippen molar-refractivity contribution in [3.05, 3.63) is 65.0 Å². The first kappa shape index (κ1) is 10.2. The number of fused-ring (bicyclic) bond motifs is 1. The Balaban J connectivity index is 2.10. The molecule has 0 aromatic carbocycles. The Labute approximate surface area is 104 Å². The maximum absolute atomic E-state index is 5.29. The second-order valence-electron chi connectivity index (χ2n) is 3.90. The molecule has 0 amide bonds. The number of hydrogen-bond acceptors (Lipinski definition) is 2. The normalized spacial score (nSPS) is 10.8. The van der Waals surface area contributed by atoms with Crippen molar-refractivity contribution >= 4 is 17.7 Å². The molecule has 3 rings (SSSR count). The van der Waals surface area contributed by atoms with Crippen LogP contribution in [0.1, 0.15) is 11.3 Å². The minimum Gasteiger partial charge on any atom is -0.333 e. The zero-order chi connectivity index (χ0) is 11.7. The van der Waals surface area contributed by atoms with E-state index in [0.717, 1.165) is 22.4 Å². The Hall–Kier alpha value is -1.94. The molecule has 0 aliphatic heterocycles. The van der Waals surface area contributed by atoms with Crippen LogP contribution in [0.25, 0.3) is 5.52 Å². The third kappa shape index (κ3) is 1.87. The average molecular weight is 241 g/mol. The molecular formula is C13H11N3S. The van der Waals surface area contributed by atoms with E-state index in [1.807, 2.05) is 47.3 Å². The number of nitrogens with zero attached hydrogens (tertiary/aromatic N) is 2. The molecule has 0 spiro atoms. The molecule has 4 heteroatoms. The summed E-state index contributed by atoms with van der Waals surface area (Å²) >= 11 is 5.29. The zero-order valence-corrected chi connectivity index (χ0v) is 9.95. The van der Waals surface area contributed by atoms with Gasteiger partial charge in [-0.25, -0.2) is 0 Å². The SMILES string of the molecule is S=c1[nH]c(Cc2ccncc2)c2ccccn12. The average Bonchev–Trinajstić information content (AvgIpc) is 2.69. The van der Waals surface area contributed by atoms with Gasteiger partial charge in [-0.2, -0.15) is 0 Å². The molecule has 0 radical (unpaired) electrons. The van der Waals surface area contributed by atoms with Crippen molar-refractivity contribution in [2.24, 2.45) is 0 Å². The van der Waals surface area contributed by atoms with Crippen LogP contribution >= 0.6 is 12.2 Å². The van der Waals surface area contributed by atoms with Crippen LogP contribution < -0.4 is 0 Å². The lowest BCUT2D eigenvalue weighted by Crippen LogP contribution is -1.89. The molecule has 84 valence electrons. The van der Waals surface area contributed by atoms with E-state index in [0.29, 0.717) is 0 Å². The van der Waals surface area contributed by atoms with Gasteiger partial charge >= 0.3 is 0 Å². The van der Waals surface area contributed by atoms with Crippen LogP contribution in [-0.2, 0) is 6.42 Å². The van der Waals surface area contributed by atoms with E-state index in [1.54, 1.807) is 0 Å². The number of nitrogens with one attached hydrogen (secondary N) is 1. The lowest BCUT2D eigenvalue weighted by atomic mass is 10.1. The molecule has 0 atom stereocenters. The van der Waals surface area contributed by atoms with Gasteiger partial charge in [0.2, 0.25) is 0 Å². The molecule has 0 saturated carbocycles. The summed E-state index contributed by atoms with van der Waals surface area (Å²) < 4.78 is 2.73. The summed E-state index contributed by atoms with van der Waals surface area (Å²) in [5, 5.41) is 0. The Bertz CT molecular complexity index is 697. The lowest BCUT2D eigenvalue weighted by molar-refractivity contribution is 1.08. The molecule has 3 heterocycles. The maximum atomic E-state index is 5.29. The van der Waals surface area contributed by atoms with Gasteiger partial charge in [-0.05, 0) is 42.0 Å². The predicted octanol–water partition coefficient (Wildman–Crippen LogP) is 2.98. The number of rotatable bonds is 2. The largest absolute Gasteiger partial charge is 0.333 e. The fourth-order valence-electron chi connectivity index (χ4n) is 1.96. The number of imidazole rings is 1. The first-order valence-electron chi connectivity index (χ1n) is 5.42. The molecule has 1 N–H and O–H groups in total. The zero-order valence-electron chi connectivity index (χ0n) is 9.13. The van der Waals surface area contributed by atoms with Crippen molar-refractivity contribution in [1.82, 2.24) is 14.4 Å². The van der Waals surface area contributed by atoms with Crippen molar-refractivity contribution < 1.29 is 0 Å². The summed E-state index contributed by atoms with van der Waals surface area (Å²) in [5.41, 5.74) is 3.50. The number of aromatic amines is 1. The van der Waals surface area contributed by atoms with E-state index in [1.165, 1.54) is 5.56 Å². The number of aromatic nitrogens is 3. The van der Waals surface area contributed by atoms with Gasteiger partial charge in [0.1, 0.15) is 0 Å². The topological polar surface area (TPSA) is 33.1 Å². The van der Waals surface area contributed by atoms with Crippen molar-refractivity contribution in [3.63, 3.8) is 0 Å². The number of H-pyrrole nitrogens is 1. The fourth-order valence-corrected chi connectivity index (χ4v) is 2.24. The molecule has 0 bridgehead atoms. The molecule has 3 aromatic rings. The predicted molar refractivity (Wildman–Crippen MR) is 69.6 cm³/mol. The van der Waals surface area contributed by atoms with Gasteiger partial charge in [0.15, 0.2) is 4.77 Å². The monoisotopic (exact) mass is 241 g/mol. The van der Waals surface area contributed by atoms with Crippen LogP contribution in [-0.4, -0.2) is 14.4 Å². The highest BCUT2D eigenvalue weighted by Crippen LogP contribution is 2.14. The first-order valence-corrected chi connectivity index (χ1v) is 5.82. The summed E-state index contributed by atoms with van der Waals surface area (Å²) in [4.78, 5) is 7.28. The molecule has 0 aliphatic rings. The van der Waals surface area contributed by atoms with Gasteiger partial charge in [0, 0.05) is 30.7 Å².